The van der Waals surface area contributed by atoms with Crippen LogP contribution in [-0.2, 0) is 6.54 Å². The molecule has 1 saturated carbocycles. The fourth-order valence-electron chi connectivity index (χ4n) is 2.32. The zero-order chi connectivity index (χ0) is 15.0. The summed E-state index contributed by atoms with van der Waals surface area (Å²) in [6.45, 7) is 9.62. The van der Waals surface area contributed by atoms with Crippen molar-refractivity contribution in [3.63, 3.8) is 0 Å². The molecule has 0 amide bonds. The van der Waals surface area contributed by atoms with Crippen molar-refractivity contribution in [2.24, 2.45) is 0 Å². The number of aryl methyl sites for hydroxylation is 1. The molecule has 3 nitrogen and oxygen atoms in total. The van der Waals surface area contributed by atoms with Crippen LogP contribution in [-0.4, -0.2) is 15.5 Å². The maximum Gasteiger partial charge on any atom is 0.142 e. The molecule has 0 bridgehead atoms. The van der Waals surface area contributed by atoms with Crippen molar-refractivity contribution in [1.29, 1.82) is 0 Å². The molecule has 21 heavy (non-hydrogen) atoms. The van der Waals surface area contributed by atoms with Gasteiger partial charge in [-0.3, -0.25) is 4.98 Å². The van der Waals surface area contributed by atoms with E-state index in [1.54, 1.807) is 11.3 Å². The predicted molar refractivity (Wildman–Crippen MR) is 88.6 cm³/mol. The van der Waals surface area contributed by atoms with Crippen LogP contribution in [0.15, 0.2) is 18.3 Å². The number of hydrogen-bond acceptors (Lipinski definition) is 4. The lowest BCUT2D eigenvalue weighted by atomic mass is 10.1. The van der Waals surface area contributed by atoms with E-state index in [0.717, 1.165) is 17.2 Å². The molecule has 2 heterocycles. The van der Waals surface area contributed by atoms with Gasteiger partial charge >= 0.3 is 0 Å². The average Bonchev–Trinajstić information content (AvgIpc) is 3.17. The molecule has 0 atom stereocenters. The lowest BCUT2D eigenvalue weighted by molar-refractivity contribution is 0.425. The van der Waals surface area contributed by atoms with E-state index in [1.165, 1.54) is 29.0 Å². The summed E-state index contributed by atoms with van der Waals surface area (Å²) in [4.78, 5) is 10.8. The monoisotopic (exact) mass is 301 g/mol. The van der Waals surface area contributed by atoms with E-state index < -0.39 is 0 Å². The Balaban J connectivity index is 1.91. The second-order valence-corrected chi connectivity index (χ2v) is 7.96. The van der Waals surface area contributed by atoms with E-state index in [-0.39, 0.29) is 5.54 Å². The highest BCUT2D eigenvalue weighted by atomic mass is 32.1. The minimum Gasteiger partial charge on any atom is -0.307 e. The molecule has 0 saturated heterocycles. The van der Waals surface area contributed by atoms with Gasteiger partial charge < -0.3 is 5.32 Å². The third-order valence-electron chi connectivity index (χ3n) is 3.68. The quantitative estimate of drug-likeness (QED) is 0.916. The van der Waals surface area contributed by atoms with Gasteiger partial charge in [0.05, 0.1) is 5.69 Å². The molecule has 4 heteroatoms. The number of pyridine rings is 1. The highest BCUT2D eigenvalue weighted by Gasteiger charge is 2.30. The number of hydrogen-bond donors (Lipinski definition) is 1. The van der Waals surface area contributed by atoms with Gasteiger partial charge in [-0.2, -0.15) is 0 Å². The number of thiazole rings is 1. The summed E-state index contributed by atoms with van der Waals surface area (Å²) in [7, 11) is 0. The second kappa shape index (κ2) is 5.50. The zero-order valence-corrected chi connectivity index (χ0v) is 14.0. The molecule has 0 aromatic carbocycles. The van der Waals surface area contributed by atoms with Crippen LogP contribution in [0.3, 0.4) is 0 Å². The summed E-state index contributed by atoms with van der Waals surface area (Å²) in [6.07, 6.45) is 4.42. The molecular weight excluding hydrogens is 278 g/mol. The van der Waals surface area contributed by atoms with Crippen LogP contribution in [0.25, 0.3) is 10.7 Å². The van der Waals surface area contributed by atoms with E-state index in [4.69, 9.17) is 4.98 Å². The molecule has 1 aliphatic rings. The van der Waals surface area contributed by atoms with Gasteiger partial charge in [0.25, 0.3) is 0 Å². The van der Waals surface area contributed by atoms with Crippen LogP contribution in [0.1, 0.15) is 55.7 Å². The van der Waals surface area contributed by atoms with Gasteiger partial charge in [-0.25, -0.2) is 4.98 Å². The minimum atomic E-state index is 0.131. The van der Waals surface area contributed by atoms with Crippen LogP contribution in [0.5, 0.6) is 0 Å². The third-order valence-corrected chi connectivity index (χ3v) is 4.76. The Hall–Kier alpha value is -1.26. The van der Waals surface area contributed by atoms with Crippen molar-refractivity contribution in [1.82, 2.24) is 15.3 Å². The summed E-state index contributed by atoms with van der Waals surface area (Å²) in [5, 5.41) is 4.66. The fourth-order valence-corrected chi connectivity index (χ4v) is 3.47. The topological polar surface area (TPSA) is 37.8 Å². The lowest BCUT2D eigenvalue weighted by Gasteiger charge is -2.20. The van der Waals surface area contributed by atoms with Crippen molar-refractivity contribution in [3.05, 3.63) is 34.5 Å². The molecule has 0 spiro atoms. The largest absolute Gasteiger partial charge is 0.307 e. The van der Waals surface area contributed by atoms with Crippen LogP contribution in [0.4, 0.5) is 0 Å². The molecule has 1 aliphatic carbocycles. The van der Waals surface area contributed by atoms with Gasteiger partial charge in [0, 0.05) is 29.1 Å². The van der Waals surface area contributed by atoms with Gasteiger partial charge in [-0.15, -0.1) is 11.3 Å². The van der Waals surface area contributed by atoms with Gasteiger partial charge in [0.2, 0.25) is 0 Å². The smallest absolute Gasteiger partial charge is 0.142 e. The van der Waals surface area contributed by atoms with Gasteiger partial charge in [0.1, 0.15) is 10.7 Å². The van der Waals surface area contributed by atoms with E-state index in [0.29, 0.717) is 5.92 Å². The molecule has 2 aromatic rings. The number of rotatable bonds is 4. The second-order valence-electron chi connectivity index (χ2n) is 6.87. The normalized spacial score (nSPS) is 15.4. The standard InChI is InChI=1S/C17H23N3S/c1-11-6-5-9-18-14(11)16-20-15(12-7-8-12)13(21-16)10-19-17(2,3)4/h5-6,9,12,19H,7-8,10H2,1-4H3. The van der Waals surface area contributed by atoms with E-state index in [9.17, 15) is 0 Å². The molecule has 0 aliphatic heterocycles. The fraction of sp³-hybridized carbons (Fsp3) is 0.529. The molecule has 3 rings (SSSR count). The SMILES string of the molecule is Cc1cccnc1-c1nc(C2CC2)c(CNC(C)(C)C)s1. The van der Waals surface area contributed by atoms with Crippen LogP contribution in [0.2, 0.25) is 0 Å². The van der Waals surface area contributed by atoms with E-state index >= 15 is 0 Å². The Morgan fingerprint density at radius 2 is 2.10 bits per heavy atom. The molecule has 112 valence electrons. The van der Waals surface area contributed by atoms with Gasteiger partial charge in [0.15, 0.2) is 0 Å². The van der Waals surface area contributed by atoms with E-state index in [2.05, 4.69) is 44.1 Å². The number of nitrogens with one attached hydrogen (secondary N) is 1. The zero-order valence-electron chi connectivity index (χ0n) is 13.2. The summed E-state index contributed by atoms with van der Waals surface area (Å²) < 4.78 is 0. The summed E-state index contributed by atoms with van der Waals surface area (Å²) in [6, 6.07) is 4.09. The first-order valence-electron chi connectivity index (χ1n) is 7.60. The van der Waals surface area contributed by atoms with Crippen molar-refractivity contribution >= 4 is 11.3 Å². The first-order valence-corrected chi connectivity index (χ1v) is 8.42. The Morgan fingerprint density at radius 3 is 2.71 bits per heavy atom. The molecule has 1 fully saturated rings. The van der Waals surface area contributed by atoms with Crippen LogP contribution in [0, 0.1) is 6.92 Å². The number of nitrogens with zero attached hydrogens (tertiary/aromatic N) is 2. The Morgan fingerprint density at radius 1 is 1.33 bits per heavy atom. The number of aromatic nitrogens is 2. The maximum absolute atomic E-state index is 4.92. The highest BCUT2D eigenvalue weighted by molar-refractivity contribution is 7.15. The molecular formula is C17H23N3S. The van der Waals surface area contributed by atoms with Crippen LogP contribution < -0.4 is 5.32 Å². The minimum absolute atomic E-state index is 0.131. The van der Waals surface area contributed by atoms with Crippen molar-refractivity contribution < 1.29 is 0 Å². The van der Waals surface area contributed by atoms with Gasteiger partial charge in [-0.1, -0.05) is 6.07 Å². The molecule has 0 unspecified atom stereocenters. The van der Waals surface area contributed by atoms with Gasteiger partial charge in [-0.05, 0) is 52.2 Å². The maximum atomic E-state index is 4.92. The average molecular weight is 301 g/mol. The first-order chi connectivity index (χ1) is 9.94. The highest BCUT2D eigenvalue weighted by Crippen LogP contribution is 2.44. The Bertz CT molecular complexity index is 636. The Kier molecular flexibility index (Phi) is 3.84. The summed E-state index contributed by atoms with van der Waals surface area (Å²) >= 11 is 1.80. The first kappa shape index (κ1) is 14.7. The van der Waals surface area contributed by atoms with E-state index in [1.807, 2.05) is 12.3 Å². The Labute approximate surface area is 130 Å². The third kappa shape index (κ3) is 3.50. The summed E-state index contributed by atoms with van der Waals surface area (Å²) in [5.74, 6) is 0.677. The summed E-state index contributed by atoms with van der Waals surface area (Å²) in [5.41, 5.74) is 3.67. The van der Waals surface area contributed by atoms with Crippen molar-refractivity contribution in [2.75, 3.05) is 0 Å². The molecule has 2 aromatic heterocycles. The predicted octanol–water partition coefficient (Wildman–Crippen LogP) is 4.28. The van der Waals surface area contributed by atoms with Crippen molar-refractivity contribution in [2.45, 2.75) is 58.5 Å². The molecule has 0 radical (unpaired) electrons. The van der Waals surface area contributed by atoms with Crippen molar-refractivity contribution in [3.8, 4) is 10.7 Å². The lowest BCUT2D eigenvalue weighted by Crippen LogP contribution is -2.35. The molecule has 1 N–H and O–H groups in total. The van der Waals surface area contributed by atoms with Crippen LogP contribution >= 0.6 is 11.3 Å².